The van der Waals surface area contributed by atoms with Crippen LogP contribution in [0.3, 0.4) is 0 Å². The van der Waals surface area contributed by atoms with Crippen LogP contribution in [0.5, 0.6) is 11.5 Å². The van der Waals surface area contributed by atoms with E-state index >= 15 is 0 Å². The number of aromatic nitrogens is 3. The van der Waals surface area contributed by atoms with Crippen molar-refractivity contribution >= 4 is 17.2 Å². The van der Waals surface area contributed by atoms with Crippen LogP contribution >= 0.6 is 11.3 Å². The summed E-state index contributed by atoms with van der Waals surface area (Å²) < 4.78 is 12.6. The van der Waals surface area contributed by atoms with Gasteiger partial charge in [0.25, 0.3) is 5.91 Å². The van der Waals surface area contributed by atoms with Crippen LogP contribution in [0.4, 0.5) is 0 Å². The van der Waals surface area contributed by atoms with Gasteiger partial charge in [-0.2, -0.15) is 0 Å². The molecule has 1 aliphatic rings. The predicted molar refractivity (Wildman–Crippen MR) is 135 cm³/mol. The highest BCUT2D eigenvalue weighted by molar-refractivity contribution is 7.13. The lowest BCUT2D eigenvalue weighted by Crippen LogP contribution is -2.48. The summed E-state index contributed by atoms with van der Waals surface area (Å²) >= 11 is 1.58. The summed E-state index contributed by atoms with van der Waals surface area (Å²) in [6, 6.07) is 19.6. The lowest BCUT2D eigenvalue weighted by atomic mass is 10.1. The number of carbonyl (C=O) groups is 1. The molecular formula is C26H27N5O3S. The largest absolute Gasteiger partial charge is 0.497 e. The molecule has 1 fully saturated rings. The number of thiophene rings is 1. The number of ether oxygens (including phenoxy) is 2. The Labute approximate surface area is 208 Å². The molecule has 0 atom stereocenters. The maximum atomic E-state index is 13.4. The van der Waals surface area contributed by atoms with E-state index in [1.807, 2.05) is 70.9 Å². The molecule has 0 unspecified atom stereocenters. The van der Waals surface area contributed by atoms with E-state index in [0.29, 0.717) is 18.9 Å². The third-order valence-corrected chi connectivity index (χ3v) is 6.95. The Bertz CT molecular complexity index is 1280. The van der Waals surface area contributed by atoms with Crippen LogP contribution in [0.15, 0.2) is 66.0 Å². The van der Waals surface area contributed by atoms with Gasteiger partial charge in [0.2, 0.25) is 5.82 Å². The van der Waals surface area contributed by atoms with Crippen LogP contribution < -0.4 is 9.47 Å². The molecule has 0 radical (unpaired) electrons. The smallest absolute Gasteiger partial charge is 0.293 e. The highest BCUT2D eigenvalue weighted by Crippen LogP contribution is 2.27. The van der Waals surface area contributed by atoms with Gasteiger partial charge in [-0.05, 0) is 41.8 Å². The van der Waals surface area contributed by atoms with Gasteiger partial charge in [-0.25, -0.2) is 9.67 Å². The third-order valence-electron chi connectivity index (χ3n) is 6.08. The molecule has 3 heterocycles. The number of hydrogen-bond acceptors (Lipinski definition) is 7. The van der Waals surface area contributed by atoms with Crippen molar-refractivity contribution in [2.45, 2.75) is 6.54 Å². The molecule has 0 spiro atoms. The number of methoxy groups -OCH3 is 2. The summed E-state index contributed by atoms with van der Waals surface area (Å²) in [4.78, 5) is 23.1. The molecule has 180 valence electrons. The fourth-order valence-electron chi connectivity index (χ4n) is 4.21. The van der Waals surface area contributed by atoms with Crippen LogP contribution in [0.1, 0.15) is 16.2 Å². The van der Waals surface area contributed by atoms with Crippen LogP contribution in [-0.2, 0) is 6.54 Å². The number of piperazine rings is 1. The van der Waals surface area contributed by atoms with Gasteiger partial charge in [0.05, 0.1) is 24.8 Å². The van der Waals surface area contributed by atoms with Crippen molar-refractivity contribution in [3.05, 3.63) is 77.4 Å². The molecule has 1 amide bonds. The number of para-hydroxylation sites is 1. The minimum absolute atomic E-state index is 0.143. The van der Waals surface area contributed by atoms with Crippen molar-refractivity contribution in [3.8, 4) is 27.9 Å². The van der Waals surface area contributed by atoms with E-state index in [-0.39, 0.29) is 11.7 Å². The molecular weight excluding hydrogens is 462 g/mol. The summed E-state index contributed by atoms with van der Waals surface area (Å²) in [7, 11) is 3.33. The van der Waals surface area contributed by atoms with Crippen molar-refractivity contribution in [1.82, 2.24) is 24.6 Å². The van der Waals surface area contributed by atoms with Crippen molar-refractivity contribution in [2.24, 2.45) is 0 Å². The Morgan fingerprint density at radius 2 is 1.77 bits per heavy atom. The molecule has 1 saturated heterocycles. The van der Waals surface area contributed by atoms with Gasteiger partial charge < -0.3 is 14.4 Å². The van der Waals surface area contributed by atoms with Crippen molar-refractivity contribution in [3.63, 3.8) is 0 Å². The van der Waals surface area contributed by atoms with E-state index < -0.39 is 0 Å². The minimum atomic E-state index is -0.143. The standard InChI is InChI=1S/C26H27N5O3S/c1-33-21-10-11-22(34-2)19(17-21)18-29-12-14-30(15-13-29)26(32)24-27-25(23-9-6-16-35-23)31(28-24)20-7-4-3-5-8-20/h3-11,16-17H,12-15,18H2,1-2H3. The van der Waals surface area contributed by atoms with E-state index in [1.165, 1.54) is 0 Å². The minimum Gasteiger partial charge on any atom is -0.497 e. The fraction of sp³-hybridized carbons (Fsp3) is 0.269. The fourth-order valence-corrected chi connectivity index (χ4v) is 4.91. The molecule has 2 aromatic carbocycles. The molecule has 0 N–H and O–H groups in total. The summed E-state index contributed by atoms with van der Waals surface area (Å²) in [6.45, 7) is 3.46. The van der Waals surface area contributed by atoms with Gasteiger partial charge in [-0.3, -0.25) is 9.69 Å². The number of amides is 1. The summed E-state index contributed by atoms with van der Waals surface area (Å²) in [5.74, 6) is 2.40. The normalized spacial score (nSPS) is 14.2. The Kier molecular flexibility index (Phi) is 6.78. The van der Waals surface area contributed by atoms with Crippen molar-refractivity contribution in [1.29, 1.82) is 0 Å². The Balaban J connectivity index is 1.30. The first kappa shape index (κ1) is 23.1. The first-order valence-electron chi connectivity index (χ1n) is 11.4. The van der Waals surface area contributed by atoms with Crippen LogP contribution in [0, 0.1) is 0 Å². The molecule has 5 rings (SSSR count). The molecule has 4 aromatic rings. The number of benzene rings is 2. The van der Waals surface area contributed by atoms with E-state index in [1.54, 1.807) is 30.2 Å². The Morgan fingerprint density at radius 3 is 2.46 bits per heavy atom. The molecule has 2 aromatic heterocycles. The molecule has 0 bridgehead atoms. The molecule has 1 aliphatic heterocycles. The van der Waals surface area contributed by atoms with E-state index in [0.717, 1.165) is 47.3 Å². The monoisotopic (exact) mass is 489 g/mol. The lowest BCUT2D eigenvalue weighted by molar-refractivity contribution is 0.0615. The predicted octanol–water partition coefficient (Wildman–Crippen LogP) is 3.97. The zero-order valence-corrected chi connectivity index (χ0v) is 20.6. The number of hydrogen-bond donors (Lipinski definition) is 0. The number of carbonyl (C=O) groups excluding carboxylic acids is 1. The van der Waals surface area contributed by atoms with Crippen LogP contribution in [0.25, 0.3) is 16.4 Å². The number of nitrogens with zero attached hydrogens (tertiary/aromatic N) is 5. The average molecular weight is 490 g/mol. The zero-order valence-electron chi connectivity index (χ0n) is 19.8. The van der Waals surface area contributed by atoms with Gasteiger partial charge >= 0.3 is 0 Å². The van der Waals surface area contributed by atoms with Gasteiger partial charge in [0.1, 0.15) is 11.5 Å². The van der Waals surface area contributed by atoms with Crippen LogP contribution in [0.2, 0.25) is 0 Å². The van der Waals surface area contributed by atoms with E-state index in [9.17, 15) is 4.79 Å². The van der Waals surface area contributed by atoms with Gasteiger partial charge in [-0.15, -0.1) is 16.4 Å². The average Bonchev–Trinajstić information content (AvgIpc) is 3.60. The van der Waals surface area contributed by atoms with Gasteiger partial charge in [-0.1, -0.05) is 24.3 Å². The second kappa shape index (κ2) is 10.3. The second-order valence-corrected chi connectivity index (χ2v) is 9.18. The quantitative estimate of drug-likeness (QED) is 0.391. The molecule has 0 aliphatic carbocycles. The first-order chi connectivity index (χ1) is 17.2. The second-order valence-electron chi connectivity index (χ2n) is 8.23. The Morgan fingerprint density at radius 1 is 0.971 bits per heavy atom. The molecule has 35 heavy (non-hydrogen) atoms. The van der Waals surface area contributed by atoms with Crippen molar-refractivity contribution < 1.29 is 14.3 Å². The van der Waals surface area contributed by atoms with Gasteiger partial charge in [0.15, 0.2) is 5.82 Å². The maximum absolute atomic E-state index is 13.4. The highest BCUT2D eigenvalue weighted by atomic mass is 32.1. The molecule has 9 heteroatoms. The van der Waals surface area contributed by atoms with Gasteiger partial charge in [0, 0.05) is 38.3 Å². The highest BCUT2D eigenvalue weighted by Gasteiger charge is 2.27. The molecule has 8 nitrogen and oxygen atoms in total. The zero-order chi connectivity index (χ0) is 24.2. The maximum Gasteiger partial charge on any atom is 0.293 e. The summed E-state index contributed by atoms with van der Waals surface area (Å²) in [5.41, 5.74) is 1.94. The van der Waals surface area contributed by atoms with E-state index in [2.05, 4.69) is 15.0 Å². The first-order valence-corrected chi connectivity index (χ1v) is 12.3. The SMILES string of the molecule is COc1ccc(OC)c(CN2CCN(C(=O)c3nc(-c4cccs4)n(-c4ccccc4)n3)CC2)c1. The topological polar surface area (TPSA) is 72.7 Å². The Hall–Kier alpha value is -3.69. The summed E-state index contributed by atoms with van der Waals surface area (Å²) in [6.07, 6.45) is 0. The van der Waals surface area contributed by atoms with Crippen molar-refractivity contribution in [2.75, 3.05) is 40.4 Å². The summed E-state index contributed by atoms with van der Waals surface area (Å²) in [5, 5.41) is 6.61. The van der Waals surface area contributed by atoms with E-state index in [4.69, 9.17) is 9.47 Å². The molecule has 0 saturated carbocycles. The van der Waals surface area contributed by atoms with Crippen LogP contribution in [-0.4, -0.2) is 70.9 Å². The number of rotatable bonds is 7. The lowest BCUT2D eigenvalue weighted by Gasteiger charge is -2.34. The third kappa shape index (κ3) is 4.91.